The summed E-state index contributed by atoms with van der Waals surface area (Å²) in [7, 11) is 0. The van der Waals surface area contributed by atoms with E-state index in [1.807, 2.05) is 6.07 Å². The Labute approximate surface area is 172 Å². The second-order valence-corrected chi connectivity index (χ2v) is 7.98. The predicted molar refractivity (Wildman–Crippen MR) is 110 cm³/mol. The van der Waals surface area contributed by atoms with Gasteiger partial charge < -0.3 is 9.47 Å². The average molecular weight is 412 g/mol. The summed E-state index contributed by atoms with van der Waals surface area (Å²) >= 11 is 1.38. The Morgan fingerprint density at radius 1 is 1.28 bits per heavy atom. The van der Waals surface area contributed by atoms with Gasteiger partial charge in [0, 0.05) is 29.7 Å². The highest BCUT2D eigenvalue weighted by molar-refractivity contribution is 7.15. The molecule has 1 N–H and O–H groups in total. The SMILES string of the molecule is O=C(Nc1ncc(Cc2cccc(F)c2)s1)c1ccc(OCC2CCCO2)cc1. The Kier molecular flexibility index (Phi) is 6.17. The van der Waals surface area contributed by atoms with Gasteiger partial charge in [-0.2, -0.15) is 0 Å². The summed E-state index contributed by atoms with van der Waals surface area (Å²) in [5.41, 5.74) is 1.39. The first kappa shape index (κ1) is 19.5. The summed E-state index contributed by atoms with van der Waals surface area (Å²) in [4.78, 5) is 17.6. The molecule has 0 bridgehead atoms. The van der Waals surface area contributed by atoms with Gasteiger partial charge in [0.15, 0.2) is 5.13 Å². The average Bonchev–Trinajstić information content (AvgIpc) is 3.39. The number of carbonyl (C=O) groups excluding carboxylic acids is 1. The molecule has 0 spiro atoms. The van der Waals surface area contributed by atoms with E-state index in [9.17, 15) is 9.18 Å². The molecule has 1 fully saturated rings. The Balaban J connectivity index is 1.31. The fourth-order valence-corrected chi connectivity index (χ4v) is 3.97. The summed E-state index contributed by atoms with van der Waals surface area (Å²) in [5.74, 6) is 0.217. The van der Waals surface area contributed by atoms with Gasteiger partial charge in [0.05, 0.1) is 6.10 Å². The molecule has 4 rings (SSSR count). The normalized spacial score (nSPS) is 16.0. The lowest BCUT2D eigenvalue weighted by molar-refractivity contribution is 0.0679. The van der Waals surface area contributed by atoms with E-state index in [-0.39, 0.29) is 17.8 Å². The van der Waals surface area contributed by atoms with Crippen LogP contribution in [0.1, 0.15) is 33.6 Å². The minimum Gasteiger partial charge on any atom is -0.491 e. The molecule has 5 nitrogen and oxygen atoms in total. The van der Waals surface area contributed by atoms with Crippen molar-refractivity contribution in [3.8, 4) is 5.75 Å². The molecule has 3 aromatic rings. The molecule has 1 saturated heterocycles. The van der Waals surface area contributed by atoms with Crippen LogP contribution < -0.4 is 10.1 Å². The van der Waals surface area contributed by atoms with Crippen molar-refractivity contribution in [2.75, 3.05) is 18.5 Å². The lowest BCUT2D eigenvalue weighted by atomic mass is 10.1. The number of thiazole rings is 1. The zero-order valence-corrected chi connectivity index (χ0v) is 16.6. The number of halogens is 1. The third-order valence-electron chi connectivity index (χ3n) is 4.62. The van der Waals surface area contributed by atoms with Crippen LogP contribution >= 0.6 is 11.3 Å². The first-order chi connectivity index (χ1) is 14.2. The number of anilines is 1. The summed E-state index contributed by atoms with van der Waals surface area (Å²) in [6, 6.07) is 13.5. The number of nitrogens with zero attached hydrogens (tertiary/aromatic N) is 1. The van der Waals surface area contributed by atoms with Crippen molar-refractivity contribution in [2.45, 2.75) is 25.4 Å². The first-order valence-corrected chi connectivity index (χ1v) is 10.3. The van der Waals surface area contributed by atoms with Gasteiger partial charge in [-0.25, -0.2) is 9.37 Å². The van der Waals surface area contributed by atoms with Crippen molar-refractivity contribution in [3.05, 3.63) is 76.5 Å². The molecule has 1 amide bonds. The molecule has 0 aliphatic carbocycles. The third-order valence-corrected chi connectivity index (χ3v) is 5.53. The van der Waals surface area contributed by atoms with E-state index in [2.05, 4.69) is 10.3 Å². The molecule has 29 heavy (non-hydrogen) atoms. The number of amides is 1. The third kappa shape index (κ3) is 5.40. The molecule has 2 aromatic carbocycles. The van der Waals surface area contributed by atoms with E-state index < -0.39 is 0 Å². The van der Waals surface area contributed by atoms with E-state index in [0.29, 0.717) is 29.5 Å². The fourth-order valence-electron chi connectivity index (χ4n) is 3.13. The molecular formula is C22H21FN2O3S. The Morgan fingerprint density at radius 2 is 2.14 bits per heavy atom. The standard InChI is InChI=1S/C22H21FN2O3S/c23-17-4-1-3-15(11-17)12-20-13-24-22(29-20)25-21(26)16-6-8-18(9-7-16)28-14-19-5-2-10-27-19/h1,3-4,6-9,11,13,19H,2,5,10,12,14H2,(H,24,25,26). The number of hydrogen-bond acceptors (Lipinski definition) is 5. The molecule has 150 valence electrons. The van der Waals surface area contributed by atoms with Crippen molar-refractivity contribution in [1.29, 1.82) is 0 Å². The number of hydrogen-bond donors (Lipinski definition) is 1. The number of ether oxygens (including phenoxy) is 2. The van der Waals surface area contributed by atoms with Crippen LogP contribution in [-0.2, 0) is 11.2 Å². The van der Waals surface area contributed by atoms with Crippen molar-refractivity contribution in [1.82, 2.24) is 4.98 Å². The second kappa shape index (κ2) is 9.15. The first-order valence-electron chi connectivity index (χ1n) is 9.51. The van der Waals surface area contributed by atoms with Crippen LogP contribution in [0.5, 0.6) is 5.75 Å². The van der Waals surface area contributed by atoms with Crippen LogP contribution in [-0.4, -0.2) is 30.2 Å². The van der Waals surface area contributed by atoms with Crippen molar-refractivity contribution in [3.63, 3.8) is 0 Å². The van der Waals surface area contributed by atoms with Gasteiger partial charge in [-0.15, -0.1) is 11.3 Å². The van der Waals surface area contributed by atoms with Crippen molar-refractivity contribution >= 4 is 22.4 Å². The molecule has 1 aliphatic rings. The van der Waals surface area contributed by atoms with E-state index in [4.69, 9.17) is 9.47 Å². The zero-order chi connectivity index (χ0) is 20.1. The highest BCUT2D eigenvalue weighted by Crippen LogP contribution is 2.23. The van der Waals surface area contributed by atoms with Gasteiger partial charge >= 0.3 is 0 Å². The van der Waals surface area contributed by atoms with Crippen molar-refractivity contribution in [2.24, 2.45) is 0 Å². The number of carbonyl (C=O) groups is 1. The van der Waals surface area contributed by atoms with Crippen LogP contribution in [0, 0.1) is 5.82 Å². The zero-order valence-electron chi connectivity index (χ0n) is 15.8. The van der Waals surface area contributed by atoms with Gasteiger partial charge in [0.2, 0.25) is 0 Å². The molecule has 1 atom stereocenters. The summed E-state index contributed by atoms with van der Waals surface area (Å²) in [6.07, 6.45) is 4.53. The maximum Gasteiger partial charge on any atom is 0.257 e. The van der Waals surface area contributed by atoms with Gasteiger partial charge in [0.1, 0.15) is 18.2 Å². The Bertz CT molecular complexity index is 968. The summed E-state index contributed by atoms with van der Waals surface area (Å²) in [5, 5.41) is 3.32. The van der Waals surface area contributed by atoms with Crippen LogP contribution in [0.2, 0.25) is 0 Å². The maximum atomic E-state index is 13.3. The molecule has 2 heterocycles. The van der Waals surface area contributed by atoms with Crippen LogP contribution in [0.25, 0.3) is 0 Å². The minimum atomic E-state index is -0.260. The predicted octanol–water partition coefficient (Wildman–Crippen LogP) is 4.68. The maximum absolute atomic E-state index is 13.3. The Morgan fingerprint density at radius 3 is 2.90 bits per heavy atom. The minimum absolute atomic E-state index is 0.157. The van der Waals surface area contributed by atoms with Gasteiger partial charge in [-0.3, -0.25) is 10.1 Å². The summed E-state index contributed by atoms with van der Waals surface area (Å²) < 4.78 is 24.6. The monoisotopic (exact) mass is 412 g/mol. The van der Waals surface area contributed by atoms with Gasteiger partial charge in [0.25, 0.3) is 5.91 Å². The largest absolute Gasteiger partial charge is 0.491 e. The van der Waals surface area contributed by atoms with Crippen LogP contribution in [0.15, 0.2) is 54.7 Å². The van der Waals surface area contributed by atoms with Gasteiger partial charge in [-0.1, -0.05) is 12.1 Å². The quantitative estimate of drug-likeness (QED) is 0.612. The lowest BCUT2D eigenvalue weighted by Crippen LogP contribution is -2.16. The van der Waals surface area contributed by atoms with Crippen LogP contribution in [0.4, 0.5) is 9.52 Å². The fraction of sp³-hybridized carbons (Fsp3) is 0.273. The summed E-state index contributed by atoms with van der Waals surface area (Å²) in [6.45, 7) is 1.33. The lowest BCUT2D eigenvalue weighted by Gasteiger charge is -2.11. The number of aromatic nitrogens is 1. The molecule has 0 saturated carbocycles. The number of benzene rings is 2. The number of nitrogens with one attached hydrogen (secondary N) is 1. The smallest absolute Gasteiger partial charge is 0.257 e. The van der Waals surface area contributed by atoms with Gasteiger partial charge in [-0.05, 0) is 54.8 Å². The van der Waals surface area contributed by atoms with Crippen LogP contribution in [0.3, 0.4) is 0 Å². The molecule has 7 heteroatoms. The van der Waals surface area contributed by atoms with E-state index >= 15 is 0 Å². The number of rotatable bonds is 7. The highest BCUT2D eigenvalue weighted by Gasteiger charge is 2.16. The molecule has 1 aromatic heterocycles. The van der Waals surface area contributed by atoms with E-state index in [1.165, 1.54) is 23.5 Å². The molecule has 1 aliphatic heterocycles. The Hall–Kier alpha value is -2.77. The highest BCUT2D eigenvalue weighted by atomic mass is 32.1. The van der Waals surface area contributed by atoms with Crippen molar-refractivity contribution < 1.29 is 18.7 Å². The molecule has 0 radical (unpaired) electrons. The van der Waals surface area contributed by atoms with E-state index in [0.717, 1.165) is 29.9 Å². The molecule has 1 unspecified atom stereocenters. The topological polar surface area (TPSA) is 60.5 Å². The second-order valence-electron chi connectivity index (χ2n) is 6.86. The molecular weight excluding hydrogens is 391 g/mol. The van der Waals surface area contributed by atoms with E-state index in [1.54, 1.807) is 36.5 Å².